The first-order valence-electron chi connectivity index (χ1n) is 6.32. The van der Waals surface area contributed by atoms with E-state index >= 15 is 0 Å². The quantitative estimate of drug-likeness (QED) is 0.842. The van der Waals surface area contributed by atoms with Crippen molar-refractivity contribution >= 4 is 0 Å². The average Bonchev–Trinajstić information content (AvgIpc) is 2.82. The Hall–Kier alpha value is -1.88. The summed E-state index contributed by atoms with van der Waals surface area (Å²) in [5.41, 5.74) is 2.49. The number of hydrogen-bond donors (Lipinski definition) is 2. The van der Waals surface area contributed by atoms with Gasteiger partial charge >= 0.3 is 0 Å². The molecule has 1 aromatic heterocycles. The lowest BCUT2D eigenvalue weighted by Gasteiger charge is -2.08. The molecule has 5 heteroatoms. The molecular weight excluding hydrogens is 245 g/mol. The second kappa shape index (κ2) is 6.33. The third-order valence-corrected chi connectivity index (χ3v) is 2.75. The molecule has 1 aromatic carbocycles. The molecule has 0 bridgehead atoms. The van der Waals surface area contributed by atoms with Gasteiger partial charge in [-0.15, -0.1) is 5.10 Å². The fourth-order valence-electron chi connectivity index (χ4n) is 1.74. The summed E-state index contributed by atoms with van der Waals surface area (Å²) in [6.07, 6.45) is 0. The Bertz CT molecular complexity index is 539. The van der Waals surface area contributed by atoms with Gasteiger partial charge in [0, 0.05) is 23.9 Å². The van der Waals surface area contributed by atoms with Crippen molar-refractivity contribution in [3.63, 3.8) is 0 Å². The molecule has 0 aliphatic heterocycles. The fourth-order valence-corrected chi connectivity index (χ4v) is 1.74. The monoisotopic (exact) mass is 263 g/mol. The van der Waals surface area contributed by atoms with Crippen LogP contribution in [0.4, 0.5) is 4.39 Å². The molecular formula is C14H18FN3O. The lowest BCUT2D eigenvalue weighted by atomic mass is 10.1. The molecule has 0 aliphatic rings. The Balaban J connectivity index is 2.02. The van der Waals surface area contributed by atoms with E-state index in [9.17, 15) is 4.39 Å². The molecule has 0 spiro atoms. The van der Waals surface area contributed by atoms with Crippen LogP contribution in [0.1, 0.15) is 23.7 Å². The molecule has 1 heterocycles. The number of aromatic nitrogens is 2. The molecule has 0 amide bonds. The van der Waals surface area contributed by atoms with Crippen LogP contribution < -0.4 is 10.1 Å². The van der Waals surface area contributed by atoms with Crippen LogP contribution in [0.2, 0.25) is 0 Å². The minimum absolute atomic E-state index is 0.177. The molecule has 2 aromatic rings. The van der Waals surface area contributed by atoms with Gasteiger partial charge in [-0.25, -0.2) is 4.39 Å². The Labute approximate surface area is 112 Å². The van der Waals surface area contributed by atoms with Gasteiger partial charge in [-0.3, -0.25) is 5.10 Å². The van der Waals surface area contributed by atoms with Crippen LogP contribution in [-0.2, 0) is 13.2 Å². The van der Waals surface area contributed by atoms with Crippen molar-refractivity contribution in [3.05, 3.63) is 46.9 Å². The van der Waals surface area contributed by atoms with E-state index < -0.39 is 0 Å². The van der Waals surface area contributed by atoms with Gasteiger partial charge in [0.1, 0.15) is 12.4 Å². The highest BCUT2D eigenvalue weighted by molar-refractivity contribution is 5.25. The fraction of sp³-hybridized carbons (Fsp3) is 0.357. The standard InChI is InChI=1S/C14H18FN3O/c1-3-16-8-11-4-5-13(15)12(7-11)9-19-14-6-10(2)17-18-14/h4-7,16H,3,8-9H2,1-2H3,(H,17,18). The molecule has 0 atom stereocenters. The third-order valence-electron chi connectivity index (χ3n) is 2.75. The normalized spacial score (nSPS) is 10.7. The minimum Gasteiger partial charge on any atom is -0.472 e. The second-order valence-corrected chi connectivity index (χ2v) is 4.38. The molecule has 19 heavy (non-hydrogen) atoms. The van der Waals surface area contributed by atoms with Gasteiger partial charge in [0.2, 0.25) is 5.88 Å². The summed E-state index contributed by atoms with van der Waals surface area (Å²) in [5, 5.41) is 9.94. The number of benzene rings is 1. The average molecular weight is 263 g/mol. The van der Waals surface area contributed by atoms with E-state index in [1.807, 2.05) is 19.9 Å². The smallest absolute Gasteiger partial charge is 0.233 e. The second-order valence-electron chi connectivity index (χ2n) is 4.38. The first-order valence-corrected chi connectivity index (χ1v) is 6.32. The molecule has 0 unspecified atom stereocenters. The Morgan fingerprint density at radius 2 is 2.21 bits per heavy atom. The van der Waals surface area contributed by atoms with Gasteiger partial charge in [-0.05, 0) is 31.2 Å². The minimum atomic E-state index is -0.257. The molecule has 0 fully saturated rings. The number of ether oxygens (including phenoxy) is 1. The van der Waals surface area contributed by atoms with Crippen molar-refractivity contribution in [2.24, 2.45) is 0 Å². The molecule has 4 nitrogen and oxygen atoms in total. The van der Waals surface area contributed by atoms with Crippen molar-refractivity contribution in [3.8, 4) is 5.88 Å². The highest BCUT2D eigenvalue weighted by Gasteiger charge is 2.06. The summed E-state index contributed by atoms with van der Waals surface area (Å²) in [6.45, 7) is 5.71. The van der Waals surface area contributed by atoms with Crippen LogP contribution in [0.15, 0.2) is 24.3 Å². The summed E-state index contributed by atoms with van der Waals surface area (Å²) < 4.78 is 19.1. The summed E-state index contributed by atoms with van der Waals surface area (Å²) in [6, 6.07) is 6.85. The van der Waals surface area contributed by atoms with E-state index in [1.54, 1.807) is 12.1 Å². The van der Waals surface area contributed by atoms with Crippen LogP contribution in [0.5, 0.6) is 5.88 Å². The van der Waals surface area contributed by atoms with Crippen molar-refractivity contribution < 1.29 is 9.13 Å². The summed E-state index contributed by atoms with van der Waals surface area (Å²) in [5.74, 6) is 0.224. The Morgan fingerprint density at radius 1 is 1.37 bits per heavy atom. The largest absolute Gasteiger partial charge is 0.472 e. The molecule has 2 N–H and O–H groups in total. The zero-order chi connectivity index (χ0) is 13.7. The number of nitrogens with one attached hydrogen (secondary N) is 2. The number of aryl methyl sites for hydroxylation is 1. The van der Waals surface area contributed by atoms with E-state index in [2.05, 4.69) is 15.5 Å². The predicted octanol–water partition coefficient (Wildman–Crippen LogP) is 2.55. The van der Waals surface area contributed by atoms with Crippen molar-refractivity contribution in [1.29, 1.82) is 0 Å². The first-order chi connectivity index (χ1) is 9.19. The van der Waals surface area contributed by atoms with E-state index in [4.69, 9.17) is 4.74 Å². The van der Waals surface area contributed by atoms with Crippen LogP contribution in [0.25, 0.3) is 0 Å². The molecule has 0 saturated heterocycles. The first kappa shape index (κ1) is 13.5. The van der Waals surface area contributed by atoms with Gasteiger partial charge in [0.05, 0.1) is 0 Å². The lowest BCUT2D eigenvalue weighted by molar-refractivity contribution is 0.287. The van der Waals surface area contributed by atoms with E-state index in [0.717, 1.165) is 24.3 Å². The SMILES string of the molecule is CCNCc1ccc(F)c(COc2cc(C)[nH]n2)c1. The van der Waals surface area contributed by atoms with Crippen LogP contribution in [-0.4, -0.2) is 16.7 Å². The molecule has 0 radical (unpaired) electrons. The lowest BCUT2D eigenvalue weighted by Crippen LogP contribution is -2.12. The molecule has 102 valence electrons. The van der Waals surface area contributed by atoms with Gasteiger partial charge in [-0.2, -0.15) is 0 Å². The maximum absolute atomic E-state index is 13.7. The maximum atomic E-state index is 13.7. The van der Waals surface area contributed by atoms with Gasteiger partial charge in [0.15, 0.2) is 0 Å². The number of rotatable bonds is 6. The number of halogens is 1. The number of aromatic amines is 1. The zero-order valence-corrected chi connectivity index (χ0v) is 11.2. The van der Waals surface area contributed by atoms with Crippen molar-refractivity contribution in [1.82, 2.24) is 15.5 Å². The van der Waals surface area contributed by atoms with Crippen LogP contribution >= 0.6 is 0 Å². The van der Waals surface area contributed by atoms with Gasteiger partial charge < -0.3 is 10.1 Å². The summed E-state index contributed by atoms with van der Waals surface area (Å²) >= 11 is 0. The molecule has 2 rings (SSSR count). The highest BCUT2D eigenvalue weighted by Crippen LogP contribution is 2.14. The van der Waals surface area contributed by atoms with Crippen molar-refractivity contribution in [2.45, 2.75) is 27.0 Å². The predicted molar refractivity (Wildman–Crippen MR) is 71.4 cm³/mol. The molecule has 0 aliphatic carbocycles. The Kier molecular flexibility index (Phi) is 4.52. The van der Waals surface area contributed by atoms with E-state index in [1.165, 1.54) is 6.07 Å². The van der Waals surface area contributed by atoms with E-state index in [-0.39, 0.29) is 12.4 Å². The van der Waals surface area contributed by atoms with E-state index in [0.29, 0.717) is 11.4 Å². The summed E-state index contributed by atoms with van der Waals surface area (Å²) in [4.78, 5) is 0. The summed E-state index contributed by atoms with van der Waals surface area (Å²) in [7, 11) is 0. The topological polar surface area (TPSA) is 49.9 Å². The van der Waals surface area contributed by atoms with Gasteiger partial charge in [-0.1, -0.05) is 13.0 Å². The Morgan fingerprint density at radius 3 is 2.89 bits per heavy atom. The third kappa shape index (κ3) is 3.79. The van der Waals surface area contributed by atoms with Crippen LogP contribution in [0.3, 0.4) is 0 Å². The zero-order valence-electron chi connectivity index (χ0n) is 11.2. The maximum Gasteiger partial charge on any atom is 0.233 e. The van der Waals surface area contributed by atoms with Gasteiger partial charge in [0.25, 0.3) is 0 Å². The number of hydrogen-bond acceptors (Lipinski definition) is 3. The van der Waals surface area contributed by atoms with Crippen LogP contribution in [0, 0.1) is 12.7 Å². The molecule has 0 saturated carbocycles. The number of H-pyrrole nitrogens is 1. The number of nitrogens with zero attached hydrogens (tertiary/aromatic N) is 1. The highest BCUT2D eigenvalue weighted by atomic mass is 19.1. The van der Waals surface area contributed by atoms with Crippen molar-refractivity contribution in [2.75, 3.05) is 6.54 Å².